The first kappa shape index (κ1) is 13.5. The molecule has 0 aliphatic heterocycles. The number of hydrogen-bond acceptors (Lipinski definition) is 5. The predicted molar refractivity (Wildman–Crippen MR) is 72.1 cm³/mol. The van der Waals surface area contributed by atoms with E-state index in [4.69, 9.17) is 4.74 Å². The summed E-state index contributed by atoms with van der Waals surface area (Å²) >= 11 is 0. The number of hydrogen-bond donors (Lipinski definition) is 1. The Kier molecular flexibility index (Phi) is 4.11. The van der Waals surface area contributed by atoms with Crippen LogP contribution in [0.4, 0.5) is 0 Å². The van der Waals surface area contributed by atoms with Crippen molar-refractivity contribution in [2.24, 2.45) is 0 Å². The van der Waals surface area contributed by atoms with Crippen molar-refractivity contribution in [2.75, 3.05) is 14.2 Å². The second-order valence-electron chi connectivity index (χ2n) is 4.49. The molecule has 0 saturated heterocycles. The molecule has 6 nitrogen and oxygen atoms in total. The summed E-state index contributed by atoms with van der Waals surface area (Å²) in [6.45, 7) is 4.17. The second-order valence-corrected chi connectivity index (χ2v) is 4.49. The number of rotatable bonds is 5. The Balaban J connectivity index is 2.51. The standard InChI is InChI=1S/C13H19N5O/c1-9(2)18-13(11(19-4)8-17-18)12(14-3)10-7-15-5-6-16-10/h5-9,12,14H,1-4H3. The lowest BCUT2D eigenvalue weighted by atomic mass is 10.1. The zero-order chi connectivity index (χ0) is 13.8. The van der Waals surface area contributed by atoms with Gasteiger partial charge in [-0.25, -0.2) is 0 Å². The molecule has 0 aromatic carbocycles. The highest BCUT2D eigenvalue weighted by Crippen LogP contribution is 2.30. The molecule has 0 aliphatic rings. The maximum atomic E-state index is 5.41. The minimum absolute atomic E-state index is 0.103. The lowest BCUT2D eigenvalue weighted by Crippen LogP contribution is -2.24. The summed E-state index contributed by atoms with van der Waals surface area (Å²) in [5, 5.41) is 7.63. The van der Waals surface area contributed by atoms with E-state index < -0.39 is 0 Å². The van der Waals surface area contributed by atoms with Crippen molar-refractivity contribution in [3.63, 3.8) is 0 Å². The van der Waals surface area contributed by atoms with E-state index in [1.807, 2.05) is 11.7 Å². The molecule has 1 N–H and O–H groups in total. The van der Waals surface area contributed by atoms with Gasteiger partial charge in [-0.2, -0.15) is 5.10 Å². The van der Waals surface area contributed by atoms with Crippen LogP contribution in [0, 0.1) is 0 Å². The summed E-state index contributed by atoms with van der Waals surface area (Å²) in [6.07, 6.45) is 6.82. The Morgan fingerprint density at radius 3 is 2.58 bits per heavy atom. The van der Waals surface area contributed by atoms with Gasteiger partial charge in [0.25, 0.3) is 0 Å². The fourth-order valence-electron chi connectivity index (χ4n) is 2.08. The Morgan fingerprint density at radius 1 is 1.26 bits per heavy atom. The quantitative estimate of drug-likeness (QED) is 0.885. The first-order valence-corrected chi connectivity index (χ1v) is 6.23. The zero-order valence-electron chi connectivity index (χ0n) is 11.7. The van der Waals surface area contributed by atoms with E-state index >= 15 is 0 Å². The summed E-state index contributed by atoms with van der Waals surface area (Å²) in [7, 11) is 3.53. The molecule has 19 heavy (non-hydrogen) atoms. The van der Waals surface area contributed by atoms with Gasteiger partial charge in [0.15, 0.2) is 5.75 Å². The topological polar surface area (TPSA) is 64.9 Å². The van der Waals surface area contributed by atoms with Crippen molar-refractivity contribution in [3.8, 4) is 5.75 Å². The van der Waals surface area contributed by atoms with E-state index in [2.05, 4.69) is 34.2 Å². The van der Waals surface area contributed by atoms with Gasteiger partial charge in [0.1, 0.15) is 5.69 Å². The minimum Gasteiger partial charge on any atom is -0.493 e. The van der Waals surface area contributed by atoms with Crippen LogP contribution in [0.15, 0.2) is 24.8 Å². The normalized spacial score (nSPS) is 12.7. The van der Waals surface area contributed by atoms with E-state index in [1.165, 1.54) is 0 Å². The van der Waals surface area contributed by atoms with Crippen LogP contribution in [0.2, 0.25) is 0 Å². The zero-order valence-corrected chi connectivity index (χ0v) is 11.7. The molecule has 2 rings (SSSR count). The summed E-state index contributed by atoms with van der Waals surface area (Å²) in [4.78, 5) is 8.48. The van der Waals surface area contributed by atoms with Crippen molar-refractivity contribution in [1.82, 2.24) is 25.1 Å². The summed E-state index contributed by atoms with van der Waals surface area (Å²) in [6, 6.07) is 0.139. The van der Waals surface area contributed by atoms with Crippen LogP contribution in [-0.2, 0) is 0 Å². The average Bonchev–Trinajstić information content (AvgIpc) is 2.85. The first-order valence-electron chi connectivity index (χ1n) is 6.23. The third kappa shape index (κ3) is 2.58. The molecule has 0 fully saturated rings. The number of ether oxygens (including phenoxy) is 1. The van der Waals surface area contributed by atoms with Crippen LogP contribution in [0.3, 0.4) is 0 Å². The Labute approximate surface area is 112 Å². The molecule has 0 spiro atoms. The molecular weight excluding hydrogens is 242 g/mol. The van der Waals surface area contributed by atoms with Crippen LogP contribution in [0.5, 0.6) is 5.75 Å². The number of aromatic nitrogens is 4. The first-order chi connectivity index (χ1) is 9.19. The molecule has 2 aromatic heterocycles. The molecule has 0 amide bonds. The Hall–Kier alpha value is -1.95. The maximum Gasteiger partial charge on any atom is 0.162 e. The average molecular weight is 261 g/mol. The minimum atomic E-state index is -0.103. The molecular formula is C13H19N5O. The van der Waals surface area contributed by atoms with E-state index in [-0.39, 0.29) is 12.1 Å². The Morgan fingerprint density at radius 2 is 2.05 bits per heavy atom. The van der Waals surface area contributed by atoms with Crippen molar-refractivity contribution >= 4 is 0 Å². The number of nitrogens with one attached hydrogen (secondary N) is 1. The third-order valence-corrected chi connectivity index (χ3v) is 2.95. The number of nitrogens with zero attached hydrogens (tertiary/aromatic N) is 4. The van der Waals surface area contributed by atoms with E-state index in [1.54, 1.807) is 31.9 Å². The third-order valence-electron chi connectivity index (χ3n) is 2.95. The number of methoxy groups -OCH3 is 1. The van der Waals surface area contributed by atoms with E-state index in [0.29, 0.717) is 0 Å². The predicted octanol–water partition coefficient (Wildman–Crippen LogP) is 1.57. The van der Waals surface area contributed by atoms with Crippen LogP contribution in [0.1, 0.15) is 37.3 Å². The van der Waals surface area contributed by atoms with Crippen molar-refractivity contribution < 1.29 is 4.74 Å². The molecule has 0 saturated carbocycles. The van der Waals surface area contributed by atoms with Gasteiger partial charge in [-0.15, -0.1) is 0 Å². The molecule has 6 heteroatoms. The van der Waals surface area contributed by atoms with Gasteiger partial charge in [0.05, 0.1) is 31.2 Å². The molecule has 102 valence electrons. The fourth-order valence-corrected chi connectivity index (χ4v) is 2.08. The highest BCUT2D eigenvalue weighted by molar-refractivity contribution is 5.33. The smallest absolute Gasteiger partial charge is 0.162 e. The van der Waals surface area contributed by atoms with Crippen molar-refractivity contribution in [1.29, 1.82) is 0 Å². The summed E-state index contributed by atoms with van der Waals surface area (Å²) in [5.74, 6) is 0.749. The largest absolute Gasteiger partial charge is 0.493 e. The molecule has 1 atom stereocenters. The maximum absolute atomic E-state index is 5.41. The SMILES string of the molecule is CNC(c1cnccn1)c1c(OC)cnn1C(C)C. The Bertz CT molecular complexity index is 523. The molecule has 1 unspecified atom stereocenters. The van der Waals surface area contributed by atoms with Crippen molar-refractivity contribution in [2.45, 2.75) is 25.9 Å². The van der Waals surface area contributed by atoms with Crippen LogP contribution in [0.25, 0.3) is 0 Å². The molecule has 0 aliphatic carbocycles. The van der Waals surface area contributed by atoms with Gasteiger partial charge < -0.3 is 10.1 Å². The summed E-state index contributed by atoms with van der Waals surface area (Å²) in [5.41, 5.74) is 1.80. The highest BCUT2D eigenvalue weighted by atomic mass is 16.5. The summed E-state index contributed by atoms with van der Waals surface area (Å²) < 4.78 is 7.35. The monoisotopic (exact) mass is 261 g/mol. The van der Waals surface area contributed by atoms with Crippen LogP contribution in [-0.4, -0.2) is 33.9 Å². The van der Waals surface area contributed by atoms with Gasteiger partial charge in [-0.1, -0.05) is 0 Å². The van der Waals surface area contributed by atoms with Gasteiger partial charge in [0, 0.05) is 18.4 Å². The van der Waals surface area contributed by atoms with Gasteiger partial charge >= 0.3 is 0 Å². The lowest BCUT2D eigenvalue weighted by Gasteiger charge is -2.20. The van der Waals surface area contributed by atoms with Gasteiger partial charge in [0.2, 0.25) is 0 Å². The van der Waals surface area contributed by atoms with Gasteiger partial charge in [-0.05, 0) is 20.9 Å². The van der Waals surface area contributed by atoms with Gasteiger partial charge in [-0.3, -0.25) is 14.6 Å². The molecule has 2 aromatic rings. The van der Waals surface area contributed by atoms with Crippen LogP contribution >= 0.6 is 0 Å². The molecule has 2 heterocycles. The highest BCUT2D eigenvalue weighted by Gasteiger charge is 2.24. The van der Waals surface area contributed by atoms with E-state index in [9.17, 15) is 0 Å². The molecule has 0 radical (unpaired) electrons. The molecule has 0 bridgehead atoms. The van der Waals surface area contributed by atoms with Crippen LogP contribution < -0.4 is 10.1 Å². The van der Waals surface area contributed by atoms with E-state index in [0.717, 1.165) is 17.1 Å². The van der Waals surface area contributed by atoms with Crippen molar-refractivity contribution in [3.05, 3.63) is 36.2 Å². The fraction of sp³-hybridized carbons (Fsp3) is 0.462. The second kappa shape index (κ2) is 5.79. The lowest BCUT2D eigenvalue weighted by molar-refractivity contribution is 0.395.